The van der Waals surface area contributed by atoms with Crippen molar-refractivity contribution >= 4 is 5.91 Å². The highest BCUT2D eigenvalue weighted by Crippen LogP contribution is 2.18. The fourth-order valence-electron chi connectivity index (χ4n) is 2.06. The predicted octanol–water partition coefficient (Wildman–Crippen LogP) is 3.84. The lowest BCUT2D eigenvalue weighted by molar-refractivity contribution is 0.0933. The van der Waals surface area contributed by atoms with Crippen LogP contribution in [0.25, 0.3) is 0 Å². The molecule has 0 aliphatic carbocycles. The van der Waals surface area contributed by atoms with E-state index in [9.17, 15) is 9.18 Å². The van der Waals surface area contributed by atoms with Gasteiger partial charge >= 0.3 is 0 Å². The molecule has 1 unspecified atom stereocenters. The summed E-state index contributed by atoms with van der Waals surface area (Å²) >= 11 is 0. The summed E-state index contributed by atoms with van der Waals surface area (Å²) in [6, 6.07) is 12.1. The van der Waals surface area contributed by atoms with Crippen LogP contribution >= 0.6 is 0 Å². The van der Waals surface area contributed by atoms with Crippen LogP contribution in [0.15, 0.2) is 42.5 Å². The second-order valence-electron chi connectivity index (χ2n) is 5.36. The van der Waals surface area contributed by atoms with Crippen LogP contribution in [0.3, 0.4) is 0 Å². The van der Waals surface area contributed by atoms with Crippen molar-refractivity contribution in [1.82, 2.24) is 10.3 Å². The van der Waals surface area contributed by atoms with Crippen molar-refractivity contribution in [3.8, 4) is 0 Å². The van der Waals surface area contributed by atoms with Gasteiger partial charge in [-0.05, 0) is 36.1 Å². The van der Waals surface area contributed by atoms with Crippen LogP contribution in [0.5, 0.6) is 0 Å². The summed E-state index contributed by atoms with van der Waals surface area (Å²) in [5.41, 5.74) is 2.34. The molecule has 2 aromatic rings. The number of benzene rings is 1. The number of amides is 1. The Morgan fingerprint density at radius 2 is 1.67 bits per heavy atom. The van der Waals surface area contributed by atoms with E-state index in [1.807, 2.05) is 19.1 Å². The molecule has 0 radical (unpaired) electrons. The monoisotopic (exact) mass is 286 g/mol. The molecule has 1 atom stereocenters. The van der Waals surface area contributed by atoms with E-state index in [-0.39, 0.29) is 17.6 Å². The van der Waals surface area contributed by atoms with E-state index in [1.165, 1.54) is 23.8 Å². The summed E-state index contributed by atoms with van der Waals surface area (Å²) in [4.78, 5) is 15.6. The Balaban J connectivity index is 2.07. The maximum atomic E-state index is 13.0. The topological polar surface area (TPSA) is 42.0 Å². The van der Waals surface area contributed by atoms with Crippen LogP contribution in [-0.2, 0) is 0 Å². The fourth-order valence-corrected chi connectivity index (χ4v) is 2.06. The van der Waals surface area contributed by atoms with Crippen molar-refractivity contribution in [2.24, 2.45) is 0 Å². The Kier molecular flexibility index (Phi) is 4.68. The van der Waals surface area contributed by atoms with Crippen LogP contribution in [-0.4, -0.2) is 10.9 Å². The van der Waals surface area contributed by atoms with Crippen molar-refractivity contribution in [2.45, 2.75) is 32.7 Å². The lowest BCUT2D eigenvalue weighted by Crippen LogP contribution is -2.27. The molecule has 2 rings (SSSR count). The molecule has 0 spiro atoms. The van der Waals surface area contributed by atoms with Crippen LogP contribution in [0.4, 0.5) is 4.39 Å². The molecule has 21 heavy (non-hydrogen) atoms. The van der Waals surface area contributed by atoms with Gasteiger partial charge in [0.2, 0.25) is 5.95 Å². The fraction of sp³-hybridized carbons (Fsp3) is 0.294. The molecule has 1 amide bonds. The Bertz CT molecular complexity index is 623. The standard InChI is InChI=1S/C17H19FN2O/c1-11(2)13-7-9-14(10-8-13)12(3)19-17(21)15-5-4-6-16(18)20-15/h4-12H,1-3H3,(H,19,21). The van der Waals surface area contributed by atoms with Crippen LogP contribution in [0.2, 0.25) is 0 Å². The van der Waals surface area contributed by atoms with Crippen molar-refractivity contribution in [2.75, 3.05) is 0 Å². The summed E-state index contributed by atoms with van der Waals surface area (Å²) in [6.45, 7) is 6.16. The van der Waals surface area contributed by atoms with E-state index >= 15 is 0 Å². The molecule has 4 heteroatoms. The molecule has 0 saturated heterocycles. The number of nitrogens with zero attached hydrogens (tertiary/aromatic N) is 1. The number of halogens is 1. The first kappa shape index (κ1) is 15.2. The number of carbonyl (C=O) groups excluding carboxylic acids is 1. The van der Waals surface area contributed by atoms with Gasteiger partial charge < -0.3 is 5.32 Å². The van der Waals surface area contributed by atoms with Gasteiger partial charge in [-0.3, -0.25) is 4.79 Å². The summed E-state index contributed by atoms with van der Waals surface area (Å²) in [7, 11) is 0. The maximum Gasteiger partial charge on any atom is 0.270 e. The normalized spacial score (nSPS) is 12.2. The minimum absolute atomic E-state index is 0.0839. The Labute approximate surface area is 124 Å². The molecule has 1 heterocycles. The van der Waals surface area contributed by atoms with Crippen molar-refractivity contribution < 1.29 is 9.18 Å². The second kappa shape index (κ2) is 6.48. The van der Waals surface area contributed by atoms with E-state index in [0.29, 0.717) is 5.92 Å². The first-order chi connectivity index (χ1) is 9.97. The molecule has 0 fully saturated rings. The number of hydrogen-bond donors (Lipinski definition) is 1. The number of rotatable bonds is 4. The number of aromatic nitrogens is 1. The molecule has 1 aromatic carbocycles. The summed E-state index contributed by atoms with van der Waals surface area (Å²) in [5.74, 6) is -0.563. The van der Waals surface area contributed by atoms with Gasteiger partial charge in [0, 0.05) is 0 Å². The average molecular weight is 286 g/mol. The predicted molar refractivity (Wildman–Crippen MR) is 80.6 cm³/mol. The van der Waals surface area contributed by atoms with Crippen molar-refractivity contribution in [3.63, 3.8) is 0 Å². The molecular weight excluding hydrogens is 267 g/mol. The lowest BCUT2D eigenvalue weighted by Gasteiger charge is -2.15. The first-order valence-corrected chi connectivity index (χ1v) is 7.00. The quantitative estimate of drug-likeness (QED) is 0.868. The van der Waals surface area contributed by atoms with E-state index in [2.05, 4.69) is 36.3 Å². The molecule has 3 nitrogen and oxygen atoms in total. The number of carbonyl (C=O) groups is 1. The Morgan fingerprint density at radius 3 is 2.24 bits per heavy atom. The van der Waals surface area contributed by atoms with Crippen molar-refractivity contribution in [3.05, 3.63) is 65.2 Å². The van der Waals surface area contributed by atoms with Crippen LogP contribution < -0.4 is 5.32 Å². The molecule has 0 aliphatic heterocycles. The molecular formula is C17H19FN2O. The zero-order chi connectivity index (χ0) is 15.4. The lowest BCUT2D eigenvalue weighted by atomic mass is 9.99. The van der Waals surface area contributed by atoms with E-state index < -0.39 is 5.95 Å². The summed E-state index contributed by atoms with van der Waals surface area (Å²) < 4.78 is 13.0. The van der Waals surface area contributed by atoms with Gasteiger partial charge in [-0.2, -0.15) is 4.39 Å². The van der Waals surface area contributed by atoms with Gasteiger partial charge in [0.15, 0.2) is 0 Å². The molecule has 0 saturated carbocycles. The second-order valence-corrected chi connectivity index (χ2v) is 5.36. The van der Waals surface area contributed by atoms with Crippen molar-refractivity contribution in [1.29, 1.82) is 0 Å². The molecule has 1 N–H and O–H groups in total. The SMILES string of the molecule is CC(C)c1ccc(C(C)NC(=O)c2cccc(F)n2)cc1. The Hall–Kier alpha value is -2.23. The molecule has 110 valence electrons. The largest absolute Gasteiger partial charge is 0.344 e. The molecule has 0 aliphatic rings. The third-order valence-electron chi connectivity index (χ3n) is 3.40. The average Bonchev–Trinajstić information content (AvgIpc) is 2.47. The number of nitrogens with one attached hydrogen (secondary N) is 1. The minimum atomic E-state index is -0.656. The highest BCUT2D eigenvalue weighted by Gasteiger charge is 2.13. The van der Waals surface area contributed by atoms with Gasteiger partial charge in [-0.1, -0.05) is 44.2 Å². The highest BCUT2D eigenvalue weighted by atomic mass is 19.1. The third kappa shape index (κ3) is 3.88. The van der Waals surface area contributed by atoms with Gasteiger partial charge in [-0.25, -0.2) is 4.98 Å². The third-order valence-corrected chi connectivity index (χ3v) is 3.40. The maximum absolute atomic E-state index is 13.0. The van der Waals surface area contributed by atoms with Crippen LogP contribution in [0, 0.1) is 5.95 Å². The molecule has 0 bridgehead atoms. The van der Waals surface area contributed by atoms with E-state index in [4.69, 9.17) is 0 Å². The van der Waals surface area contributed by atoms with E-state index in [1.54, 1.807) is 0 Å². The van der Waals surface area contributed by atoms with Gasteiger partial charge in [0.1, 0.15) is 5.69 Å². The zero-order valence-corrected chi connectivity index (χ0v) is 12.4. The van der Waals surface area contributed by atoms with Gasteiger partial charge in [0.05, 0.1) is 6.04 Å². The number of hydrogen-bond acceptors (Lipinski definition) is 2. The van der Waals surface area contributed by atoms with Crippen LogP contribution in [0.1, 0.15) is 54.3 Å². The summed E-state index contributed by atoms with van der Waals surface area (Å²) in [6.07, 6.45) is 0. The highest BCUT2D eigenvalue weighted by molar-refractivity contribution is 5.92. The first-order valence-electron chi connectivity index (χ1n) is 7.00. The number of pyridine rings is 1. The van der Waals surface area contributed by atoms with E-state index in [0.717, 1.165) is 5.56 Å². The van der Waals surface area contributed by atoms with Gasteiger partial charge in [0.25, 0.3) is 5.91 Å². The summed E-state index contributed by atoms with van der Waals surface area (Å²) in [5, 5.41) is 2.82. The Morgan fingerprint density at radius 1 is 1.05 bits per heavy atom. The smallest absolute Gasteiger partial charge is 0.270 e. The zero-order valence-electron chi connectivity index (χ0n) is 12.4. The minimum Gasteiger partial charge on any atom is -0.344 e. The molecule has 1 aromatic heterocycles. The van der Waals surface area contributed by atoms with Gasteiger partial charge in [-0.15, -0.1) is 0 Å².